The van der Waals surface area contributed by atoms with Gasteiger partial charge in [-0.1, -0.05) is 88.1 Å². The molecule has 0 saturated heterocycles. The van der Waals surface area contributed by atoms with E-state index >= 15 is 0 Å². The minimum Gasteiger partial charge on any atom is -0.391 e. The van der Waals surface area contributed by atoms with Crippen molar-refractivity contribution < 1.29 is 32.0 Å². The number of hydrogen-bond acceptors (Lipinski definition) is 5. The summed E-state index contributed by atoms with van der Waals surface area (Å²) in [4.78, 5) is 23.4. The maximum atomic E-state index is 14.5. The molecule has 4 aromatic carbocycles. The van der Waals surface area contributed by atoms with Gasteiger partial charge in [0, 0.05) is 23.1 Å². The molecule has 1 N–H and O–H groups in total. The lowest BCUT2D eigenvalue weighted by atomic mass is 9.85. The van der Waals surface area contributed by atoms with Gasteiger partial charge in [0.1, 0.15) is 6.61 Å². The molecule has 6 nitrogen and oxygen atoms in total. The van der Waals surface area contributed by atoms with Crippen LogP contribution in [0.15, 0.2) is 83.1 Å². The number of oxime groups is 2. The number of alkyl halides is 3. The zero-order valence-corrected chi connectivity index (χ0v) is 24.0. The summed E-state index contributed by atoms with van der Waals surface area (Å²) in [5, 5.41) is 10.2. The number of amides is 1. The highest BCUT2D eigenvalue weighted by Crippen LogP contribution is 2.50. The zero-order chi connectivity index (χ0) is 30.8. The Morgan fingerprint density at radius 1 is 1.07 bits per heavy atom. The van der Waals surface area contributed by atoms with Gasteiger partial charge < -0.3 is 15.0 Å². The second-order valence-corrected chi connectivity index (χ2v) is 10.6. The van der Waals surface area contributed by atoms with Crippen molar-refractivity contribution in [2.75, 3.05) is 6.54 Å². The lowest BCUT2D eigenvalue weighted by Crippen LogP contribution is -2.42. The number of benzene rings is 4. The molecule has 0 saturated carbocycles. The highest BCUT2D eigenvalue weighted by Gasteiger charge is 2.62. The molecule has 12 heteroatoms. The summed E-state index contributed by atoms with van der Waals surface area (Å²) >= 11 is 11.6. The lowest BCUT2D eigenvalue weighted by Gasteiger charge is -2.29. The molecule has 1 aliphatic rings. The van der Waals surface area contributed by atoms with Gasteiger partial charge in [-0.25, -0.2) is 4.39 Å². The van der Waals surface area contributed by atoms with Crippen molar-refractivity contribution in [3.63, 3.8) is 0 Å². The largest absolute Gasteiger partial charge is 0.435 e. The number of aryl methyl sites for hydroxylation is 1. The number of halogens is 6. The van der Waals surface area contributed by atoms with E-state index in [1.54, 1.807) is 24.3 Å². The van der Waals surface area contributed by atoms with Crippen LogP contribution in [0.3, 0.4) is 0 Å². The zero-order valence-electron chi connectivity index (χ0n) is 22.5. The molecule has 1 unspecified atom stereocenters. The Bertz CT molecular complexity index is 1740. The fraction of sp³-hybridized carbons (Fsp3) is 0.194. The Labute approximate surface area is 253 Å². The molecule has 43 heavy (non-hydrogen) atoms. The fourth-order valence-corrected chi connectivity index (χ4v) is 5.28. The Hall–Kier alpha value is -4.15. The number of nitrogens with one attached hydrogen (secondary N) is 1. The molecule has 222 valence electrons. The van der Waals surface area contributed by atoms with Crippen molar-refractivity contribution in [2.24, 2.45) is 10.3 Å². The molecular formula is C31H23Cl2F4N3O3. The van der Waals surface area contributed by atoms with E-state index in [1.165, 1.54) is 18.3 Å². The third kappa shape index (κ3) is 6.03. The van der Waals surface area contributed by atoms with Gasteiger partial charge in [-0.3, -0.25) is 4.79 Å². The number of fused-ring (bicyclic) bond motifs is 1. The van der Waals surface area contributed by atoms with E-state index in [0.717, 1.165) is 23.3 Å². The smallest absolute Gasteiger partial charge is 0.391 e. The van der Waals surface area contributed by atoms with Crippen molar-refractivity contribution in [1.29, 1.82) is 0 Å². The molecule has 0 aliphatic carbocycles. The molecule has 1 amide bonds. The van der Waals surface area contributed by atoms with Gasteiger partial charge in [0.15, 0.2) is 5.82 Å². The van der Waals surface area contributed by atoms with E-state index in [1.807, 2.05) is 31.2 Å². The normalized spacial score (nSPS) is 16.8. The van der Waals surface area contributed by atoms with E-state index in [-0.39, 0.29) is 18.9 Å². The summed E-state index contributed by atoms with van der Waals surface area (Å²) in [5.74, 6) is -1.46. The van der Waals surface area contributed by atoms with Gasteiger partial charge in [-0.2, -0.15) is 13.2 Å². The Morgan fingerprint density at radius 3 is 2.44 bits per heavy atom. The third-order valence-electron chi connectivity index (χ3n) is 7.10. The fourth-order valence-electron chi connectivity index (χ4n) is 4.79. The van der Waals surface area contributed by atoms with Gasteiger partial charge in [0.2, 0.25) is 0 Å². The Kier molecular flexibility index (Phi) is 8.62. The van der Waals surface area contributed by atoms with E-state index in [4.69, 9.17) is 32.9 Å². The average molecular weight is 632 g/mol. The monoisotopic (exact) mass is 631 g/mol. The maximum absolute atomic E-state index is 14.5. The SMILES string of the molecule is Cc1ccccc1CON=CCNC(=O)c1ccc(C2=NOC(c3cc(Cl)c(F)c(Cl)c3)(C(F)(F)F)C2)c2ccccc12. The number of hydrogen-bond donors (Lipinski definition) is 1. The van der Waals surface area contributed by atoms with Gasteiger partial charge in [0.25, 0.3) is 11.5 Å². The van der Waals surface area contributed by atoms with Crippen molar-refractivity contribution in [1.82, 2.24) is 5.32 Å². The van der Waals surface area contributed by atoms with Crippen LogP contribution in [0.5, 0.6) is 0 Å². The molecule has 1 aliphatic heterocycles. The van der Waals surface area contributed by atoms with Gasteiger partial charge in [-0.15, -0.1) is 0 Å². The molecule has 1 heterocycles. The van der Waals surface area contributed by atoms with E-state index in [2.05, 4.69) is 15.6 Å². The van der Waals surface area contributed by atoms with E-state index < -0.39 is 45.5 Å². The van der Waals surface area contributed by atoms with Crippen LogP contribution in [0.2, 0.25) is 10.0 Å². The maximum Gasteiger partial charge on any atom is 0.435 e. The van der Waals surface area contributed by atoms with Crippen LogP contribution in [0, 0.1) is 12.7 Å². The minimum atomic E-state index is -4.95. The molecule has 5 rings (SSSR count). The summed E-state index contributed by atoms with van der Waals surface area (Å²) in [6.07, 6.45) is -4.27. The lowest BCUT2D eigenvalue weighted by molar-refractivity contribution is -0.275. The third-order valence-corrected chi connectivity index (χ3v) is 7.65. The Balaban J connectivity index is 1.34. The van der Waals surface area contributed by atoms with Crippen LogP contribution in [0.25, 0.3) is 10.8 Å². The highest BCUT2D eigenvalue weighted by atomic mass is 35.5. The number of nitrogens with zero attached hydrogens (tertiary/aromatic N) is 2. The first-order valence-corrected chi connectivity index (χ1v) is 13.7. The molecule has 0 fully saturated rings. The summed E-state index contributed by atoms with van der Waals surface area (Å²) in [5.41, 5.74) is -0.748. The summed E-state index contributed by atoms with van der Waals surface area (Å²) < 4.78 is 57.5. The predicted octanol–water partition coefficient (Wildman–Crippen LogP) is 8.11. The number of rotatable bonds is 8. The predicted molar refractivity (Wildman–Crippen MR) is 157 cm³/mol. The standard InChI is InChI=1S/C31H23Cl2F4N3O3/c1-18-6-2-3-7-19(18)17-42-39-13-12-38-29(41)24-11-10-23(21-8-4-5-9-22(21)24)27-16-30(43-40-27,31(35,36)37)20-14-25(32)28(34)26(33)15-20/h2-11,13-15H,12,16-17H2,1H3,(H,38,41). The van der Waals surface area contributed by atoms with Crippen LogP contribution in [-0.4, -0.2) is 30.6 Å². The molecule has 4 aromatic rings. The summed E-state index contributed by atoms with van der Waals surface area (Å²) in [6, 6.07) is 19.2. The van der Waals surface area contributed by atoms with Gasteiger partial charge in [-0.05, 0) is 47.0 Å². The topological polar surface area (TPSA) is 72.3 Å². The van der Waals surface area contributed by atoms with Gasteiger partial charge in [0.05, 0.1) is 28.5 Å². The molecule has 0 radical (unpaired) electrons. The molecule has 0 aromatic heterocycles. The summed E-state index contributed by atoms with van der Waals surface area (Å²) in [7, 11) is 0. The first kappa shape index (κ1) is 30.3. The van der Waals surface area contributed by atoms with Crippen molar-refractivity contribution in [3.05, 3.63) is 116 Å². The highest BCUT2D eigenvalue weighted by molar-refractivity contribution is 6.35. The van der Waals surface area contributed by atoms with Crippen LogP contribution in [0.4, 0.5) is 17.6 Å². The van der Waals surface area contributed by atoms with Crippen LogP contribution in [-0.2, 0) is 21.9 Å². The minimum absolute atomic E-state index is 0.0185. The Morgan fingerprint density at radius 2 is 1.74 bits per heavy atom. The van der Waals surface area contributed by atoms with Crippen LogP contribution < -0.4 is 5.32 Å². The second kappa shape index (κ2) is 12.2. The van der Waals surface area contributed by atoms with Crippen molar-refractivity contribution in [2.45, 2.75) is 31.7 Å². The molecular weight excluding hydrogens is 609 g/mol. The molecule has 0 bridgehead atoms. The quantitative estimate of drug-likeness (QED) is 0.0924. The average Bonchev–Trinajstić information content (AvgIpc) is 3.44. The van der Waals surface area contributed by atoms with E-state index in [9.17, 15) is 22.4 Å². The van der Waals surface area contributed by atoms with Crippen molar-refractivity contribution >= 4 is 51.8 Å². The molecule has 0 spiro atoms. The second-order valence-electron chi connectivity index (χ2n) is 9.79. The van der Waals surface area contributed by atoms with Crippen molar-refractivity contribution in [3.8, 4) is 0 Å². The summed E-state index contributed by atoms with van der Waals surface area (Å²) in [6.45, 7) is 2.34. The molecule has 1 atom stereocenters. The van der Waals surface area contributed by atoms with Gasteiger partial charge >= 0.3 is 6.18 Å². The first-order valence-electron chi connectivity index (χ1n) is 13.0. The van der Waals surface area contributed by atoms with Crippen LogP contribution in [0.1, 0.15) is 39.0 Å². The number of carbonyl (C=O) groups excluding carboxylic acids is 1. The number of carbonyl (C=O) groups is 1. The first-order chi connectivity index (χ1) is 20.5. The van der Waals surface area contributed by atoms with Crippen LogP contribution >= 0.6 is 23.2 Å². The van der Waals surface area contributed by atoms with E-state index in [0.29, 0.717) is 21.9 Å².